The predicted molar refractivity (Wildman–Crippen MR) is 254 cm³/mol. The summed E-state index contributed by atoms with van der Waals surface area (Å²) in [6, 6.07) is 55.8. The molecule has 0 fully saturated rings. The molecule has 0 spiro atoms. The molecule has 2 unspecified atom stereocenters. The summed E-state index contributed by atoms with van der Waals surface area (Å²) in [6.45, 7) is 8.43. The quantitative estimate of drug-likeness (QED) is 0.133. The van der Waals surface area contributed by atoms with Gasteiger partial charge < -0.3 is 4.90 Å². The summed E-state index contributed by atoms with van der Waals surface area (Å²) in [5, 5.41) is 2.58. The monoisotopic (exact) mass is 755 g/mol. The minimum absolute atomic E-state index is 0.300. The number of fused-ring (bicyclic) bond motifs is 6. The van der Waals surface area contributed by atoms with Crippen LogP contribution in [0.3, 0.4) is 0 Å². The zero-order valence-corrected chi connectivity index (χ0v) is 33.1. The van der Waals surface area contributed by atoms with E-state index in [1.54, 1.807) is 6.08 Å². The molecular weight excluding hydrogens is 711 g/mol. The van der Waals surface area contributed by atoms with Crippen LogP contribution in [-0.4, -0.2) is 0 Å². The van der Waals surface area contributed by atoms with E-state index in [2.05, 4.69) is 212 Å². The Labute approximate surface area is 348 Å². The molecule has 1 nitrogen and oxygen atoms in total. The molecule has 3 aliphatic rings. The van der Waals surface area contributed by atoms with E-state index < -0.39 is 0 Å². The summed E-state index contributed by atoms with van der Waals surface area (Å²) in [7, 11) is 0. The van der Waals surface area contributed by atoms with Crippen LogP contribution in [0.25, 0.3) is 56.3 Å². The van der Waals surface area contributed by atoms with Crippen molar-refractivity contribution in [2.24, 2.45) is 5.92 Å². The van der Waals surface area contributed by atoms with Gasteiger partial charge in [-0.25, -0.2) is 0 Å². The molecule has 1 heteroatoms. The molecule has 0 saturated heterocycles. The SMILES string of the molecule is C=C/C=C\C(=C)c1cc(-c2ccccc2)cc(N(c2cccc(C3=CC4c5ccccc5C=CC4C=C3)c2)c2cccc(-c3cc4c(c5ccccc35)C=CCC4)c2)c1. The molecule has 59 heavy (non-hydrogen) atoms. The number of anilines is 3. The number of nitrogens with zero attached hydrogens (tertiary/aromatic N) is 1. The van der Waals surface area contributed by atoms with E-state index in [-0.39, 0.29) is 0 Å². The maximum atomic E-state index is 4.51. The van der Waals surface area contributed by atoms with Gasteiger partial charge in [0.15, 0.2) is 0 Å². The highest BCUT2D eigenvalue weighted by molar-refractivity contribution is 6.03. The van der Waals surface area contributed by atoms with Gasteiger partial charge in [0.2, 0.25) is 0 Å². The van der Waals surface area contributed by atoms with Gasteiger partial charge in [-0.2, -0.15) is 0 Å². The van der Waals surface area contributed by atoms with Crippen LogP contribution in [0.4, 0.5) is 17.1 Å². The Morgan fingerprint density at radius 2 is 1.32 bits per heavy atom. The van der Waals surface area contributed by atoms with Crippen LogP contribution in [0, 0.1) is 5.92 Å². The van der Waals surface area contributed by atoms with Crippen molar-refractivity contribution in [2.45, 2.75) is 18.8 Å². The van der Waals surface area contributed by atoms with Gasteiger partial charge in [0.25, 0.3) is 0 Å². The second kappa shape index (κ2) is 15.6. The van der Waals surface area contributed by atoms with Crippen LogP contribution in [0.1, 0.15) is 45.7 Å². The number of benzene rings is 7. The van der Waals surface area contributed by atoms with E-state index in [1.807, 2.05) is 12.2 Å². The maximum Gasteiger partial charge on any atom is 0.0473 e. The van der Waals surface area contributed by atoms with Crippen molar-refractivity contribution in [2.75, 3.05) is 4.90 Å². The molecule has 10 rings (SSSR count). The van der Waals surface area contributed by atoms with E-state index in [0.29, 0.717) is 11.8 Å². The molecule has 0 aliphatic heterocycles. The van der Waals surface area contributed by atoms with E-state index >= 15 is 0 Å². The van der Waals surface area contributed by atoms with Crippen molar-refractivity contribution in [3.63, 3.8) is 0 Å². The summed E-state index contributed by atoms with van der Waals surface area (Å²) >= 11 is 0. The second-order valence-corrected chi connectivity index (χ2v) is 15.7. The van der Waals surface area contributed by atoms with Gasteiger partial charge in [-0.15, -0.1) is 0 Å². The molecule has 0 saturated carbocycles. The molecule has 282 valence electrons. The number of rotatable bonds is 9. The Balaban J connectivity index is 1.16. The van der Waals surface area contributed by atoms with Crippen molar-refractivity contribution in [1.29, 1.82) is 0 Å². The molecule has 7 aromatic rings. The molecule has 3 aliphatic carbocycles. The fourth-order valence-corrected chi connectivity index (χ4v) is 9.17. The molecule has 2 atom stereocenters. The average Bonchev–Trinajstić information content (AvgIpc) is 3.30. The molecule has 0 aromatic heterocycles. The molecule has 7 aromatic carbocycles. The molecule has 0 heterocycles. The molecule has 0 N–H and O–H groups in total. The van der Waals surface area contributed by atoms with Crippen LogP contribution in [-0.2, 0) is 6.42 Å². The Morgan fingerprint density at radius 1 is 0.610 bits per heavy atom. The summed E-state index contributed by atoms with van der Waals surface area (Å²) in [5.41, 5.74) is 17.8. The van der Waals surface area contributed by atoms with Crippen molar-refractivity contribution >= 4 is 51.1 Å². The van der Waals surface area contributed by atoms with Gasteiger partial charge in [0, 0.05) is 28.9 Å². The van der Waals surface area contributed by atoms with Crippen LogP contribution >= 0.6 is 0 Å². The zero-order valence-electron chi connectivity index (χ0n) is 33.1. The number of aryl methyl sites for hydroxylation is 1. The predicted octanol–water partition coefficient (Wildman–Crippen LogP) is 15.7. The summed E-state index contributed by atoms with van der Waals surface area (Å²) in [6.07, 6.45) is 24.3. The number of allylic oxidation sites excluding steroid dienone is 10. The Bertz CT molecular complexity index is 2930. The summed E-state index contributed by atoms with van der Waals surface area (Å²) in [4.78, 5) is 2.42. The van der Waals surface area contributed by atoms with Crippen molar-refractivity contribution in [3.05, 3.63) is 247 Å². The van der Waals surface area contributed by atoms with Gasteiger partial charge >= 0.3 is 0 Å². The smallest absolute Gasteiger partial charge is 0.0473 e. The molecule has 0 amide bonds. The van der Waals surface area contributed by atoms with Crippen LogP contribution in [0.15, 0.2) is 213 Å². The molecule has 0 bridgehead atoms. The molecular formula is C58H45N. The number of hydrogen-bond acceptors (Lipinski definition) is 1. The van der Waals surface area contributed by atoms with Crippen LogP contribution < -0.4 is 4.90 Å². The highest BCUT2D eigenvalue weighted by Gasteiger charge is 2.26. The third-order valence-corrected chi connectivity index (χ3v) is 12.1. The first-order valence-corrected chi connectivity index (χ1v) is 20.7. The lowest BCUT2D eigenvalue weighted by molar-refractivity contribution is 0.694. The van der Waals surface area contributed by atoms with E-state index in [1.165, 1.54) is 55.3 Å². The first-order valence-electron chi connectivity index (χ1n) is 20.7. The Morgan fingerprint density at radius 3 is 2.17 bits per heavy atom. The van der Waals surface area contributed by atoms with Crippen LogP contribution in [0.2, 0.25) is 0 Å². The van der Waals surface area contributed by atoms with Crippen molar-refractivity contribution < 1.29 is 0 Å². The Hall–Kier alpha value is -7.22. The summed E-state index contributed by atoms with van der Waals surface area (Å²) < 4.78 is 0. The van der Waals surface area contributed by atoms with Gasteiger partial charge in [-0.05, 0) is 139 Å². The zero-order chi connectivity index (χ0) is 39.7. The minimum Gasteiger partial charge on any atom is -0.310 e. The van der Waals surface area contributed by atoms with Gasteiger partial charge in [-0.1, -0.05) is 177 Å². The average molecular weight is 756 g/mol. The van der Waals surface area contributed by atoms with E-state index in [0.717, 1.165) is 52.2 Å². The lowest BCUT2D eigenvalue weighted by Crippen LogP contribution is -2.14. The minimum atomic E-state index is 0.300. The normalized spacial score (nSPS) is 16.3. The fraction of sp³-hybridized carbons (Fsp3) is 0.0690. The fourth-order valence-electron chi connectivity index (χ4n) is 9.17. The van der Waals surface area contributed by atoms with Crippen molar-refractivity contribution in [3.8, 4) is 22.3 Å². The first-order chi connectivity index (χ1) is 29.1. The number of hydrogen-bond donors (Lipinski definition) is 0. The van der Waals surface area contributed by atoms with Crippen LogP contribution in [0.5, 0.6) is 0 Å². The third-order valence-electron chi connectivity index (χ3n) is 12.1. The first kappa shape index (κ1) is 36.1. The highest BCUT2D eigenvalue weighted by atomic mass is 15.1. The second-order valence-electron chi connectivity index (χ2n) is 15.7. The van der Waals surface area contributed by atoms with Gasteiger partial charge in [0.1, 0.15) is 0 Å². The maximum absolute atomic E-state index is 4.51. The largest absolute Gasteiger partial charge is 0.310 e. The lowest BCUT2D eigenvalue weighted by atomic mass is 9.75. The van der Waals surface area contributed by atoms with Gasteiger partial charge in [-0.3, -0.25) is 0 Å². The van der Waals surface area contributed by atoms with E-state index in [4.69, 9.17) is 0 Å². The van der Waals surface area contributed by atoms with Gasteiger partial charge in [0.05, 0.1) is 0 Å². The standard InChI is InChI=1S/C58H45N/c1-3-4-16-40(2)48-33-49(41-17-6-5-7-18-41)37-52(36-48)59(50-23-14-21-44(34-50)45-32-31-43-30-29-42-19-8-10-25-53(42)57(43)38-45)51-24-15-22-46(35-51)58-39-47-20-9-11-26-54(47)55-27-12-13-28-56(55)58/h3-8,10-19,21-39,43,57H,1-2,9,20H2/b16-4-. The Kier molecular flexibility index (Phi) is 9.56. The highest BCUT2D eigenvalue weighted by Crippen LogP contribution is 2.45. The molecule has 0 radical (unpaired) electrons. The summed E-state index contributed by atoms with van der Waals surface area (Å²) in [5.74, 6) is 0.656. The van der Waals surface area contributed by atoms with E-state index in [9.17, 15) is 0 Å². The topological polar surface area (TPSA) is 3.24 Å². The third kappa shape index (κ3) is 6.96. The van der Waals surface area contributed by atoms with Crippen molar-refractivity contribution in [1.82, 2.24) is 0 Å². The lowest BCUT2D eigenvalue weighted by Gasteiger charge is -2.30.